The van der Waals surface area contributed by atoms with Crippen molar-refractivity contribution >= 4 is 24.0 Å². The molecule has 0 radical (unpaired) electrons. The summed E-state index contributed by atoms with van der Waals surface area (Å²) in [5.74, 6) is -1.03. The Hall–Kier alpha value is -3.88. The van der Waals surface area contributed by atoms with Crippen LogP contribution in [-0.4, -0.2) is 29.3 Å². The number of carbonyl (C=O) groups excluding carboxylic acids is 3. The van der Waals surface area contributed by atoms with E-state index in [1.807, 2.05) is 13.8 Å². The number of rotatable bonds is 6. The van der Waals surface area contributed by atoms with Gasteiger partial charge in [0.15, 0.2) is 6.29 Å². The molecule has 0 aliphatic heterocycles. The first-order valence-corrected chi connectivity index (χ1v) is 12.5. The van der Waals surface area contributed by atoms with Crippen molar-refractivity contribution < 1.29 is 32.3 Å². The molecule has 1 aliphatic carbocycles. The number of amides is 1. The molecule has 2 unspecified atom stereocenters. The minimum Gasteiger partial charge on any atom is -0.458 e. The van der Waals surface area contributed by atoms with Crippen molar-refractivity contribution in [1.82, 2.24) is 4.98 Å². The highest BCUT2D eigenvalue weighted by atomic mass is 19.4. The van der Waals surface area contributed by atoms with Crippen molar-refractivity contribution in [2.24, 2.45) is 17.8 Å². The third-order valence-corrected chi connectivity index (χ3v) is 7.02. The van der Waals surface area contributed by atoms with Crippen LogP contribution in [0, 0.1) is 17.8 Å². The number of aromatic nitrogens is 1. The van der Waals surface area contributed by atoms with Gasteiger partial charge in [0.05, 0.1) is 11.3 Å². The lowest BCUT2D eigenvalue weighted by Gasteiger charge is -2.37. The van der Waals surface area contributed by atoms with Crippen LogP contribution < -0.4 is 5.32 Å². The third kappa shape index (κ3) is 5.66. The third-order valence-electron chi connectivity index (χ3n) is 7.02. The van der Waals surface area contributed by atoms with E-state index in [4.69, 9.17) is 4.74 Å². The SMILES string of the molecule is CC1CC(C)C(OC(=O)c2c(NC(=O)c3cccc(C(F)(F)F)c3)[nH]c(C=O)c2-c2ccccc2)C(C)C1. The molecule has 1 fully saturated rings. The second-order valence-electron chi connectivity index (χ2n) is 10.1. The Bertz CT molecular complexity index is 1320. The summed E-state index contributed by atoms with van der Waals surface area (Å²) in [4.78, 5) is 41.5. The summed E-state index contributed by atoms with van der Waals surface area (Å²) in [7, 11) is 0. The van der Waals surface area contributed by atoms with Gasteiger partial charge in [0.2, 0.25) is 0 Å². The first-order valence-electron chi connectivity index (χ1n) is 12.5. The van der Waals surface area contributed by atoms with Gasteiger partial charge in [0.1, 0.15) is 17.5 Å². The van der Waals surface area contributed by atoms with Gasteiger partial charge < -0.3 is 15.0 Å². The summed E-state index contributed by atoms with van der Waals surface area (Å²) in [5, 5.41) is 2.50. The Kier molecular flexibility index (Phi) is 7.76. The van der Waals surface area contributed by atoms with Crippen molar-refractivity contribution in [3.05, 3.63) is 77.0 Å². The highest BCUT2D eigenvalue weighted by molar-refractivity contribution is 6.12. The predicted octanol–water partition coefficient (Wildman–Crippen LogP) is 6.99. The van der Waals surface area contributed by atoms with Gasteiger partial charge in [-0.05, 0) is 54.4 Å². The topological polar surface area (TPSA) is 88.3 Å². The van der Waals surface area contributed by atoms with E-state index < -0.39 is 23.6 Å². The molecule has 2 aromatic carbocycles. The molecule has 1 heterocycles. The van der Waals surface area contributed by atoms with Gasteiger partial charge in [0.25, 0.3) is 5.91 Å². The van der Waals surface area contributed by atoms with Crippen LogP contribution >= 0.6 is 0 Å². The second-order valence-corrected chi connectivity index (χ2v) is 10.1. The number of alkyl halides is 3. The van der Waals surface area contributed by atoms with Crippen LogP contribution in [0.25, 0.3) is 11.1 Å². The zero-order valence-electron chi connectivity index (χ0n) is 21.3. The van der Waals surface area contributed by atoms with Gasteiger partial charge >= 0.3 is 12.1 Å². The van der Waals surface area contributed by atoms with Gasteiger partial charge in [-0.15, -0.1) is 0 Å². The average molecular weight is 527 g/mol. The van der Waals surface area contributed by atoms with Crippen LogP contribution in [0.15, 0.2) is 54.6 Å². The quantitative estimate of drug-likeness (QED) is 0.268. The van der Waals surface area contributed by atoms with E-state index in [2.05, 4.69) is 17.2 Å². The Morgan fingerprint density at radius 1 is 1.00 bits per heavy atom. The smallest absolute Gasteiger partial charge is 0.416 e. The minimum atomic E-state index is -4.63. The van der Waals surface area contributed by atoms with Crippen LogP contribution in [-0.2, 0) is 10.9 Å². The number of aromatic amines is 1. The molecule has 4 rings (SSSR count). The number of esters is 1. The highest BCUT2D eigenvalue weighted by Crippen LogP contribution is 2.38. The molecular formula is C29H29F3N2O4. The monoisotopic (exact) mass is 526 g/mol. The number of hydrogen-bond acceptors (Lipinski definition) is 4. The number of H-pyrrole nitrogens is 1. The number of ether oxygens (including phenoxy) is 1. The molecule has 2 atom stereocenters. The van der Waals surface area contributed by atoms with E-state index >= 15 is 0 Å². The van der Waals surface area contributed by atoms with Gasteiger partial charge in [-0.25, -0.2) is 4.79 Å². The molecule has 9 heteroatoms. The average Bonchev–Trinajstić information content (AvgIpc) is 3.24. The zero-order valence-corrected chi connectivity index (χ0v) is 21.3. The van der Waals surface area contributed by atoms with Gasteiger partial charge in [0, 0.05) is 11.1 Å². The Balaban J connectivity index is 1.75. The Labute approximate surface area is 218 Å². The van der Waals surface area contributed by atoms with Crippen LogP contribution in [0.4, 0.5) is 19.0 Å². The van der Waals surface area contributed by atoms with Crippen LogP contribution in [0.2, 0.25) is 0 Å². The molecule has 2 N–H and O–H groups in total. The summed E-state index contributed by atoms with van der Waals surface area (Å²) in [6.45, 7) is 6.20. The Morgan fingerprint density at radius 2 is 1.66 bits per heavy atom. The molecular weight excluding hydrogens is 497 g/mol. The lowest BCUT2D eigenvalue weighted by Crippen LogP contribution is -2.37. The fourth-order valence-corrected chi connectivity index (χ4v) is 5.44. The molecule has 0 spiro atoms. The van der Waals surface area contributed by atoms with Crippen molar-refractivity contribution in [3.63, 3.8) is 0 Å². The van der Waals surface area contributed by atoms with Gasteiger partial charge in [-0.3, -0.25) is 9.59 Å². The number of hydrogen-bond donors (Lipinski definition) is 2. The first kappa shape index (κ1) is 27.2. The van der Waals surface area contributed by atoms with Crippen LogP contribution in [0.3, 0.4) is 0 Å². The normalized spacial score (nSPS) is 21.5. The maximum absolute atomic E-state index is 13.7. The van der Waals surface area contributed by atoms with Crippen molar-refractivity contribution in [3.8, 4) is 11.1 Å². The van der Waals surface area contributed by atoms with E-state index in [0.717, 1.165) is 31.0 Å². The molecule has 1 saturated carbocycles. The second kappa shape index (κ2) is 10.8. The van der Waals surface area contributed by atoms with E-state index in [0.29, 0.717) is 17.8 Å². The Morgan fingerprint density at radius 3 is 2.26 bits per heavy atom. The van der Waals surface area contributed by atoms with Gasteiger partial charge in [-0.2, -0.15) is 13.2 Å². The summed E-state index contributed by atoms with van der Waals surface area (Å²) in [6, 6.07) is 12.6. The predicted molar refractivity (Wildman–Crippen MR) is 137 cm³/mol. The molecule has 38 heavy (non-hydrogen) atoms. The molecule has 0 saturated heterocycles. The largest absolute Gasteiger partial charge is 0.458 e. The van der Waals surface area contributed by atoms with E-state index in [9.17, 15) is 27.6 Å². The molecule has 1 aliphatic rings. The summed E-state index contributed by atoms with van der Waals surface area (Å²) < 4.78 is 45.6. The molecule has 6 nitrogen and oxygen atoms in total. The number of anilines is 1. The number of nitrogens with one attached hydrogen (secondary N) is 2. The van der Waals surface area contributed by atoms with Crippen molar-refractivity contribution in [2.75, 3.05) is 5.32 Å². The summed E-state index contributed by atoms with van der Waals surface area (Å²) >= 11 is 0. The van der Waals surface area contributed by atoms with Crippen LogP contribution in [0.5, 0.6) is 0 Å². The number of carbonyl (C=O) groups is 3. The molecule has 3 aromatic rings. The van der Waals surface area contributed by atoms with Crippen molar-refractivity contribution in [2.45, 2.75) is 45.9 Å². The molecule has 200 valence electrons. The number of aldehydes is 1. The van der Waals surface area contributed by atoms with Crippen LogP contribution in [0.1, 0.15) is 70.4 Å². The zero-order chi connectivity index (χ0) is 27.6. The summed E-state index contributed by atoms with van der Waals surface area (Å²) in [5.41, 5.74) is -0.488. The number of halogens is 3. The maximum Gasteiger partial charge on any atom is 0.416 e. The highest BCUT2D eigenvalue weighted by Gasteiger charge is 2.36. The molecule has 1 aromatic heterocycles. The summed E-state index contributed by atoms with van der Waals surface area (Å²) in [6.07, 6.45) is -2.70. The standard InChI is InChI=1S/C29H29F3N2O4/c1-16-12-17(2)25(18(3)13-16)38-28(37)24-23(19-8-5-4-6-9-19)22(15-35)33-26(24)34-27(36)20-10-7-11-21(14-20)29(30,31)32/h4-11,14-18,25,33H,12-13H2,1-3H3,(H,34,36). The van der Waals surface area contributed by atoms with Crippen molar-refractivity contribution in [1.29, 1.82) is 0 Å². The van der Waals surface area contributed by atoms with E-state index in [-0.39, 0.29) is 46.1 Å². The minimum absolute atomic E-state index is 0.0286. The fourth-order valence-electron chi connectivity index (χ4n) is 5.44. The lowest BCUT2D eigenvalue weighted by atomic mass is 9.75. The van der Waals surface area contributed by atoms with E-state index in [1.165, 1.54) is 6.07 Å². The number of benzene rings is 2. The van der Waals surface area contributed by atoms with E-state index in [1.54, 1.807) is 30.3 Å². The maximum atomic E-state index is 13.7. The molecule has 1 amide bonds. The first-order chi connectivity index (χ1) is 18.0. The lowest BCUT2D eigenvalue weighted by molar-refractivity contribution is -0.137. The van der Waals surface area contributed by atoms with Gasteiger partial charge in [-0.1, -0.05) is 57.2 Å². The molecule has 0 bridgehead atoms. The fraction of sp³-hybridized carbons (Fsp3) is 0.345.